The molecule has 0 bridgehead atoms. The molecule has 2 heterocycles. The van der Waals surface area contributed by atoms with E-state index in [1.54, 1.807) is 36.7 Å². The number of rotatable bonds is 7. The van der Waals surface area contributed by atoms with Gasteiger partial charge < -0.3 is 4.90 Å². The van der Waals surface area contributed by atoms with Gasteiger partial charge in [-0.2, -0.15) is 5.10 Å². The molecule has 2 aromatic heterocycles. The lowest BCUT2D eigenvalue weighted by Crippen LogP contribution is -2.15. The van der Waals surface area contributed by atoms with E-state index in [0.29, 0.717) is 27.4 Å². The van der Waals surface area contributed by atoms with Gasteiger partial charge in [-0.1, -0.05) is 12.1 Å². The minimum Gasteiger partial charge on any atom is -0.309 e. The van der Waals surface area contributed by atoms with Crippen molar-refractivity contribution in [2.45, 2.75) is 13.0 Å². The summed E-state index contributed by atoms with van der Waals surface area (Å²) >= 11 is 0. The average Bonchev–Trinajstić information content (AvgIpc) is 3.14. The summed E-state index contributed by atoms with van der Waals surface area (Å²) in [5.74, 6) is 0. The molecule has 0 amide bonds. The topological polar surface area (TPSA) is 97.2 Å². The molecule has 166 valence electrons. The van der Waals surface area contributed by atoms with Crippen LogP contribution in [0.25, 0.3) is 32.8 Å². The van der Waals surface area contributed by atoms with E-state index in [9.17, 15) is 13.2 Å². The zero-order valence-corrected chi connectivity index (χ0v) is 19.1. The van der Waals surface area contributed by atoms with E-state index < -0.39 is 10.0 Å². The Bertz CT molecular complexity index is 1460. The van der Waals surface area contributed by atoms with E-state index in [2.05, 4.69) is 19.7 Å². The molecule has 0 saturated heterocycles. The molecule has 2 aromatic carbocycles. The zero-order valence-electron chi connectivity index (χ0n) is 18.2. The fourth-order valence-electron chi connectivity index (χ4n) is 3.62. The predicted octanol–water partition coefficient (Wildman–Crippen LogP) is 2.93. The van der Waals surface area contributed by atoms with Gasteiger partial charge in [0.25, 0.3) is 0 Å². The second-order valence-electron chi connectivity index (χ2n) is 8.14. The van der Waals surface area contributed by atoms with Gasteiger partial charge in [0.15, 0.2) is 5.43 Å². The van der Waals surface area contributed by atoms with Crippen LogP contribution in [0.15, 0.2) is 59.8 Å². The molecule has 0 unspecified atom stereocenters. The molecule has 0 aliphatic rings. The molecule has 0 fully saturated rings. The highest BCUT2D eigenvalue weighted by Gasteiger charge is 2.10. The molecule has 4 aromatic rings. The molecule has 32 heavy (non-hydrogen) atoms. The lowest BCUT2D eigenvalue weighted by atomic mass is 10.1. The Morgan fingerprint density at radius 2 is 1.81 bits per heavy atom. The summed E-state index contributed by atoms with van der Waals surface area (Å²) in [5, 5.41) is 6.03. The van der Waals surface area contributed by atoms with Crippen molar-refractivity contribution in [2.75, 3.05) is 31.6 Å². The molecule has 0 radical (unpaired) electrons. The number of pyridine rings is 1. The maximum atomic E-state index is 13.4. The Hall–Kier alpha value is -3.30. The monoisotopic (exact) mass is 451 g/mol. The van der Waals surface area contributed by atoms with Crippen molar-refractivity contribution in [3.05, 3.63) is 65.2 Å². The lowest BCUT2D eigenvalue weighted by molar-refractivity contribution is 0.380. The molecule has 9 heteroatoms. The number of fused-ring (bicyclic) bond motifs is 2. The minimum absolute atomic E-state index is 0.204. The summed E-state index contributed by atoms with van der Waals surface area (Å²) in [7, 11) is 0.636. The summed E-state index contributed by atoms with van der Waals surface area (Å²) in [6, 6.07) is 10.4. The van der Waals surface area contributed by atoms with E-state index in [1.807, 2.05) is 37.1 Å². The van der Waals surface area contributed by atoms with Gasteiger partial charge in [0.2, 0.25) is 10.0 Å². The number of hydrogen-bond acceptors (Lipinski definition) is 6. The van der Waals surface area contributed by atoms with Crippen molar-refractivity contribution >= 4 is 37.4 Å². The lowest BCUT2D eigenvalue weighted by Gasteiger charge is -2.08. The summed E-state index contributed by atoms with van der Waals surface area (Å²) < 4.78 is 27.5. The van der Waals surface area contributed by atoms with Gasteiger partial charge in [-0.15, -0.1) is 0 Å². The Morgan fingerprint density at radius 3 is 2.56 bits per heavy atom. The molecule has 0 aliphatic heterocycles. The second-order valence-corrected chi connectivity index (χ2v) is 9.89. The third-order valence-corrected chi connectivity index (χ3v) is 5.75. The standard InChI is InChI=1S/C23H25N5O3S/c1-27(2)9-4-10-28-15-18(14-25-28)17-11-21-22(24-13-17)8-6-16-5-7-19(26-32(3,30)31)12-20(16)23(21)29/h5-8,11-15,26H,4,9-10H2,1-3H3. The van der Waals surface area contributed by atoms with E-state index >= 15 is 0 Å². The van der Waals surface area contributed by atoms with Gasteiger partial charge in [0, 0.05) is 46.5 Å². The number of nitrogens with zero attached hydrogens (tertiary/aromatic N) is 4. The smallest absolute Gasteiger partial charge is 0.229 e. The van der Waals surface area contributed by atoms with Crippen LogP contribution < -0.4 is 10.2 Å². The molecule has 4 rings (SSSR count). The Balaban J connectivity index is 1.76. The third-order valence-electron chi connectivity index (χ3n) is 5.14. The Kier molecular flexibility index (Phi) is 5.94. The maximum Gasteiger partial charge on any atom is 0.229 e. The highest BCUT2D eigenvalue weighted by atomic mass is 32.2. The first-order valence-corrected chi connectivity index (χ1v) is 12.1. The third kappa shape index (κ3) is 4.95. The maximum absolute atomic E-state index is 13.4. The van der Waals surface area contributed by atoms with Crippen LogP contribution in [-0.4, -0.2) is 55.0 Å². The SMILES string of the molecule is CN(C)CCCn1cc(-c2cnc3ccc4ccc(NS(C)(=O)=O)cc4c(=O)c3c2)cn1. The van der Waals surface area contributed by atoms with Crippen LogP contribution in [0.5, 0.6) is 0 Å². The van der Waals surface area contributed by atoms with E-state index in [-0.39, 0.29) is 5.43 Å². The molecule has 0 saturated carbocycles. The van der Waals surface area contributed by atoms with Gasteiger partial charge in [0.1, 0.15) is 0 Å². The normalized spacial score (nSPS) is 12.0. The van der Waals surface area contributed by atoms with Crippen molar-refractivity contribution in [3.63, 3.8) is 0 Å². The van der Waals surface area contributed by atoms with Crippen LogP contribution in [0.3, 0.4) is 0 Å². The van der Waals surface area contributed by atoms with Crippen molar-refractivity contribution in [2.24, 2.45) is 0 Å². The minimum atomic E-state index is -3.45. The van der Waals surface area contributed by atoms with Crippen molar-refractivity contribution < 1.29 is 8.42 Å². The average molecular weight is 452 g/mol. The van der Waals surface area contributed by atoms with Gasteiger partial charge >= 0.3 is 0 Å². The van der Waals surface area contributed by atoms with Crippen LogP contribution >= 0.6 is 0 Å². The van der Waals surface area contributed by atoms with Crippen LogP contribution in [-0.2, 0) is 16.6 Å². The Labute approximate surface area is 186 Å². The first kappa shape index (κ1) is 21.9. The molecule has 0 atom stereocenters. The number of aromatic nitrogens is 3. The van der Waals surface area contributed by atoms with Gasteiger partial charge in [-0.3, -0.25) is 19.2 Å². The fourth-order valence-corrected chi connectivity index (χ4v) is 4.18. The van der Waals surface area contributed by atoms with Gasteiger partial charge in [-0.25, -0.2) is 8.42 Å². The molecular weight excluding hydrogens is 426 g/mol. The number of hydrogen-bond donors (Lipinski definition) is 1. The molecule has 0 aliphatic carbocycles. The first-order valence-electron chi connectivity index (χ1n) is 10.2. The van der Waals surface area contributed by atoms with Crippen molar-refractivity contribution in [1.29, 1.82) is 0 Å². The number of benzene rings is 1. The molecule has 8 nitrogen and oxygen atoms in total. The largest absolute Gasteiger partial charge is 0.309 e. The number of sulfonamides is 1. The summed E-state index contributed by atoms with van der Waals surface area (Å²) in [6.45, 7) is 1.79. The van der Waals surface area contributed by atoms with Crippen LogP contribution in [0.2, 0.25) is 0 Å². The van der Waals surface area contributed by atoms with Crippen molar-refractivity contribution in [3.8, 4) is 11.1 Å². The summed E-state index contributed by atoms with van der Waals surface area (Å²) in [5.41, 5.74) is 2.41. The first-order chi connectivity index (χ1) is 15.2. The van der Waals surface area contributed by atoms with Gasteiger partial charge in [0.05, 0.1) is 18.0 Å². The molecular formula is C23H25N5O3S. The second kappa shape index (κ2) is 8.68. The van der Waals surface area contributed by atoms with Crippen LogP contribution in [0.1, 0.15) is 6.42 Å². The number of anilines is 1. The molecule has 0 spiro atoms. The highest BCUT2D eigenvalue weighted by Crippen LogP contribution is 2.23. The quantitative estimate of drug-likeness (QED) is 0.464. The molecule has 1 N–H and O–H groups in total. The van der Waals surface area contributed by atoms with Crippen molar-refractivity contribution in [1.82, 2.24) is 19.7 Å². The number of aryl methyl sites for hydroxylation is 1. The van der Waals surface area contributed by atoms with E-state index in [4.69, 9.17) is 0 Å². The van der Waals surface area contributed by atoms with Crippen LogP contribution in [0, 0.1) is 0 Å². The predicted molar refractivity (Wildman–Crippen MR) is 128 cm³/mol. The zero-order chi connectivity index (χ0) is 22.9. The van der Waals surface area contributed by atoms with Crippen LogP contribution in [0.4, 0.5) is 5.69 Å². The fraction of sp³-hybridized carbons (Fsp3) is 0.261. The van der Waals surface area contributed by atoms with E-state index in [0.717, 1.165) is 36.9 Å². The highest BCUT2D eigenvalue weighted by molar-refractivity contribution is 7.92. The Morgan fingerprint density at radius 1 is 1.03 bits per heavy atom. The summed E-state index contributed by atoms with van der Waals surface area (Å²) in [6.07, 6.45) is 7.54. The number of nitrogens with one attached hydrogen (secondary N) is 1. The summed E-state index contributed by atoms with van der Waals surface area (Å²) in [4.78, 5) is 20.0. The van der Waals surface area contributed by atoms with Gasteiger partial charge in [-0.05, 0) is 56.7 Å². The van der Waals surface area contributed by atoms with E-state index in [1.165, 1.54) is 0 Å².